The lowest BCUT2D eigenvalue weighted by atomic mass is 10.0. The van der Waals surface area contributed by atoms with E-state index in [0.717, 1.165) is 18.0 Å². The first-order valence-electron chi connectivity index (χ1n) is 6.22. The van der Waals surface area contributed by atoms with Crippen LogP contribution in [0, 0.1) is 0 Å². The first kappa shape index (κ1) is 14.5. The number of nitrogens with one attached hydrogen (secondary N) is 1. The van der Waals surface area contributed by atoms with Crippen molar-refractivity contribution >= 4 is 11.6 Å². The van der Waals surface area contributed by atoms with Crippen molar-refractivity contribution in [3.8, 4) is 0 Å². The molecule has 1 N–H and O–H groups in total. The van der Waals surface area contributed by atoms with E-state index in [1.165, 1.54) is 5.56 Å². The Balaban J connectivity index is 2.77. The second kappa shape index (κ2) is 7.00. The third-order valence-corrected chi connectivity index (χ3v) is 3.66. The van der Waals surface area contributed by atoms with Crippen LogP contribution in [0.15, 0.2) is 24.3 Å². The van der Waals surface area contributed by atoms with Crippen molar-refractivity contribution in [1.29, 1.82) is 0 Å². The van der Waals surface area contributed by atoms with E-state index in [4.69, 9.17) is 11.6 Å². The summed E-state index contributed by atoms with van der Waals surface area (Å²) >= 11 is 6.04. The third-order valence-electron chi connectivity index (χ3n) is 3.43. The molecule has 0 aliphatic rings. The maximum Gasteiger partial charge on any atom is 0.0409 e. The van der Waals surface area contributed by atoms with Gasteiger partial charge in [0, 0.05) is 23.7 Å². The summed E-state index contributed by atoms with van der Waals surface area (Å²) in [6, 6.07) is 9.05. The predicted octanol–water partition coefficient (Wildman–Crippen LogP) is 3.33. The molecule has 0 saturated carbocycles. The van der Waals surface area contributed by atoms with Gasteiger partial charge in [-0.15, -0.1) is 0 Å². The molecule has 2 nitrogen and oxygen atoms in total. The molecule has 0 aliphatic carbocycles. The van der Waals surface area contributed by atoms with E-state index in [9.17, 15) is 0 Å². The van der Waals surface area contributed by atoms with Crippen LogP contribution in [0.4, 0.5) is 0 Å². The minimum Gasteiger partial charge on any atom is -0.318 e. The van der Waals surface area contributed by atoms with Crippen LogP contribution in [-0.2, 0) is 0 Å². The van der Waals surface area contributed by atoms with Gasteiger partial charge in [-0.3, -0.25) is 4.90 Å². The van der Waals surface area contributed by atoms with Crippen LogP contribution in [0.2, 0.25) is 5.02 Å². The van der Waals surface area contributed by atoms with Gasteiger partial charge in [0.05, 0.1) is 0 Å². The van der Waals surface area contributed by atoms with Gasteiger partial charge >= 0.3 is 0 Å². The van der Waals surface area contributed by atoms with Gasteiger partial charge in [-0.05, 0) is 45.1 Å². The van der Waals surface area contributed by atoms with Gasteiger partial charge < -0.3 is 5.32 Å². The summed E-state index contributed by atoms with van der Waals surface area (Å²) in [6.07, 6.45) is 1.14. The van der Waals surface area contributed by atoms with Crippen LogP contribution in [0.1, 0.15) is 31.9 Å². The minimum absolute atomic E-state index is 0.381. The van der Waals surface area contributed by atoms with Crippen LogP contribution in [0.3, 0.4) is 0 Å². The van der Waals surface area contributed by atoms with E-state index < -0.39 is 0 Å². The number of hydrogen-bond acceptors (Lipinski definition) is 2. The Morgan fingerprint density at radius 2 is 2.12 bits per heavy atom. The number of hydrogen-bond donors (Lipinski definition) is 1. The highest BCUT2D eigenvalue weighted by atomic mass is 35.5. The third kappa shape index (κ3) is 3.98. The summed E-state index contributed by atoms with van der Waals surface area (Å²) in [5.41, 5.74) is 1.27. The summed E-state index contributed by atoms with van der Waals surface area (Å²) in [6.45, 7) is 5.46. The second-order valence-electron chi connectivity index (χ2n) is 4.52. The number of halogens is 1. The Hall–Kier alpha value is -0.570. The Morgan fingerprint density at radius 1 is 1.41 bits per heavy atom. The molecule has 96 valence electrons. The topological polar surface area (TPSA) is 15.3 Å². The van der Waals surface area contributed by atoms with Crippen LogP contribution in [-0.4, -0.2) is 31.6 Å². The fourth-order valence-corrected chi connectivity index (χ4v) is 2.33. The van der Waals surface area contributed by atoms with E-state index in [1.807, 2.05) is 19.2 Å². The lowest BCUT2D eigenvalue weighted by Gasteiger charge is -2.33. The highest BCUT2D eigenvalue weighted by Gasteiger charge is 2.18. The number of likely N-dealkylation sites (N-methyl/N-ethyl adjacent to an activating group) is 2. The van der Waals surface area contributed by atoms with Crippen LogP contribution < -0.4 is 5.32 Å². The van der Waals surface area contributed by atoms with Gasteiger partial charge in [0.1, 0.15) is 0 Å². The second-order valence-corrected chi connectivity index (χ2v) is 4.95. The van der Waals surface area contributed by atoms with Gasteiger partial charge in [0.25, 0.3) is 0 Å². The lowest BCUT2D eigenvalue weighted by Crippen LogP contribution is -2.40. The molecule has 1 aromatic rings. The predicted molar refractivity (Wildman–Crippen MR) is 75.6 cm³/mol. The molecule has 3 heteroatoms. The largest absolute Gasteiger partial charge is 0.318 e. The maximum atomic E-state index is 6.04. The van der Waals surface area contributed by atoms with Crippen molar-refractivity contribution in [2.24, 2.45) is 0 Å². The fraction of sp³-hybridized carbons (Fsp3) is 0.571. The van der Waals surface area contributed by atoms with Gasteiger partial charge in [-0.2, -0.15) is 0 Å². The highest BCUT2D eigenvalue weighted by molar-refractivity contribution is 6.30. The van der Waals surface area contributed by atoms with E-state index in [0.29, 0.717) is 12.1 Å². The quantitative estimate of drug-likeness (QED) is 0.838. The standard InChI is InChI=1S/C14H23ClN2/c1-5-14(10-16-3)17(4)11(2)12-7-6-8-13(15)9-12/h6-9,11,14,16H,5,10H2,1-4H3. The van der Waals surface area contributed by atoms with Crippen LogP contribution in [0.5, 0.6) is 0 Å². The molecular weight excluding hydrogens is 232 g/mol. The number of nitrogens with zero attached hydrogens (tertiary/aromatic N) is 1. The molecule has 0 amide bonds. The minimum atomic E-state index is 0.381. The van der Waals surface area contributed by atoms with Gasteiger partial charge in [0.2, 0.25) is 0 Å². The smallest absolute Gasteiger partial charge is 0.0409 e. The van der Waals surface area contributed by atoms with Crippen molar-refractivity contribution in [2.75, 3.05) is 20.6 Å². The van der Waals surface area contributed by atoms with E-state index in [1.54, 1.807) is 0 Å². The van der Waals surface area contributed by atoms with Crippen molar-refractivity contribution in [1.82, 2.24) is 10.2 Å². The van der Waals surface area contributed by atoms with E-state index >= 15 is 0 Å². The Labute approximate surface area is 110 Å². The molecule has 0 aromatic heterocycles. The molecule has 0 spiro atoms. The Kier molecular flexibility index (Phi) is 5.96. The van der Waals surface area contributed by atoms with E-state index in [-0.39, 0.29) is 0 Å². The SMILES string of the molecule is CCC(CNC)N(C)C(C)c1cccc(Cl)c1. The van der Waals surface area contributed by atoms with Gasteiger partial charge in [-0.25, -0.2) is 0 Å². The number of rotatable bonds is 6. The lowest BCUT2D eigenvalue weighted by molar-refractivity contribution is 0.178. The van der Waals surface area contributed by atoms with Gasteiger partial charge in [-0.1, -0.05) is 30.7 Å². The molecule has 0 fully saturated rings. The van der Waals surface area contributed by atoms with Crippen molar-refractivity contribution < 1.29 is 0 Å². The van der Waals surface area contributed by atoms with Crippen molar-refractivity contribution in [2.45, 2.75) is 32.4 Å². The number of benzene rings is 1. The van der Waals surface area contributed by atoms with Crippen molar-refractivity contribution in [3.63, 3.8) is 0 Å². The molecule has 0 heterocycles. The average molecular weight is 255 g/mol. The summed E-state index contributed by atoms with van der Waals surface area (Å²) in [5.74, 6) is 0. The molecule has 17 heavy (non-hydrogen) atoms. The summed E-state index contributed by atoms with van der Waals surface area (Å²) in [5, 5.41) is 4.06. The Morgan fingerprint density at radius 3 is 2.65 bits per heavy atom. The molecule has 0 aliphatic heterocycles. The van der Waals surface area contributed by atoms with Gasteiger partial charge in [0.15, 0.2) is 0 Å². The summed E-state index contributed by atoms with van der Waals surface area (Å²) in [4.78, 5) is 2.40. The highest BCUT2D eigenvalue weighted by Crippen LogP contribution is 2.24. The van der Waals surface area contributed by atoms with Crippen molar-refractivity contribution in [3.05, 3.63) is 34.9 Å². The van der Waals surface area contributed by atoms with Crippen LogP contribution >= 0.6 is 11.6 Å². The first-order chi connectivity index (χ1) is 8.10. The first-order valence-corrected chi connectivity index (χ1v) is 6.60. The molecule has 0 bridgehead atoms. The van der Waals surface area contributed by atoms with Crippen LogP contribution in [0.25, 0.3) is 0 Å². The zero-order valence-corrected chi connectivity index (χ0v) is 12.0. The molecule has 1 aromatic carbocycles. The molecule has 2 unspecified atom stereocenters. The Bertz CT molecular complexity index is 341. The monoisotopic (exact) mass is 254 g/mol. The van der Waals surface area contributed by atoms with E-state index in [2.05, 4.69) is 43.2 Å². The average Bonchev–Trinajstić information content (AvgIpc) is 2.34. The maximum absolute atomic E-state index is 6.04. The molecule has 1 rings (SSSR count). The summed E-state index contributed by atoms with van der Waals surface area (Å²) < 4.78 is 0. The fourth-order valence-electron chi connectivity index (χ4n) is 2.13. The molecule has 2 atom stereocenters. The zero-order chi connectivity index (χ0) is 12.8. The summed E-state index contributed by atoms with van der Waals surface area (Å²) in [7, 11) is 4.18. The zero-order valence-electron chi connectivity index (χ0n) is 11.2. The molecular formula is C14H23ClN2. The normalized spacial score (nSPS) is 14.9. The molecule has 0 saturated heterocycles. The molecule has 0 radical (unpaired) electrons.